The third-order valence-corrected chi connectivity index (χ3v) is 4.52. The van der Waals surface area contributed by atoms with E-state index >= 15 is 0 Å². The number of anilines is 1. The van der Waals surface area contributed by atoms with Gasteiger partial charge in [0.2, 0.25) is 5.69 Å². The van der Waals surface area contributed by atoms with Crippen molar-refractivity contribution in [1.82, 2.24) is 0 Å². The van der Waals surface area contributed by atoms with Gasteiger partial charge in [0.05, 0.1) is 12.5 Å². The zero-order valence-electron chi connectivity index (χ0n) is 16.3. The van der Waals surface area contributed by atoms with Crippen molar-refractivity contribution in [3.63, 3.8) is 0 Å². The van der Waals surface area contributed by atoms with Gasteiger partial charge in [0.1, 0.15) is 12.8 Å². The van der Waals surface area contributed by atoms with Gasteiger partial charge < -0.3 is 24.7 Å². The minimum absolute atomic E-state index is 0.00340. The van der Waals surface area contributed by atoms with Crippen LogP contribution < -0.4 is 14.9 Å². The molecular weight excluding hydrogens is 379 g/mol. The molecule has 0 fully saturated rings. The summed E-state index contributed by atoms with van der Waals surface area (Å²) in [4.78, 5) is 22.9. The minimum atomic E-state index is -4.89. The van der Waals surface area contributed by atoms with Crippen LogP contribution in [0.4, 0.5) is 11.4 Å². The molecule has 0 saturated carbocycles. The van der Waals surface area contributed by atoms with Crippen molar-refractivity contribution in [3.8, 4) is 5.75 Å². The number of fused-ring (bicyclic) bond motifs is 1. The van der Waals surface area contributed by atoms with Crippen LogP contribution in [0, 0.1) is 0 Å². The molecule has 28 heavy (non-hydrogen) atoms. The molecule has 0 radical (unpaired) electrons. The highest BCUT2D eigenvalue weighted by atomic mass is 31.2. The van der Waals surface area contributed by atoms with Crippen LogP contribution >= 0.6 is 7.82 Å². The average molecular weight is 404 g/mol. The number of phosphoric acid groups is 1. The normalized spacial score (nSPS) is 15.1. The summed E-state index contributed by atoms with van der Waals surface area (Å²) in [5.41, 5.74) is 4.97. The van der Waals surface area contributed by atoms with E-state index in [1.807, 2.05) is 30.5 Å². The first-order valence-corrected chi connectivity index (χ1v) is 10.1. The Kier molecular flexibility index (Phi) is 6.80. The van der Waals surface area contributed by atoms with Crippen molar-refractivity contribution in [2.45, 2.75) is 19.3 Å². The fourth-order valence-corrected chi connectivity index (χ4v) is 3.21. The van der Waals surface area contributed by atoms with Gasteiger partial charge in [-0.3, -0.25) is 4.57 Å². The van der Waals surface area contributed by atoms with E-state index in [9.17, 15) is 0 Å². The molecule has 1 heterocycles. The van der Waals surface area contributed by atoms with Gasteiger partial charge in [0.25, 0.3) is 7.82 Å². The number of nitrogens with one attached hydrogen (secondary N) is 1. The lowest BCUT2D eigenvalue weighted by atomic mass is 9.81. The smallest absolute Gasteiger partial charge is 0.262 e. The van der Waals surface area contributed by atoms with Crippen molar-refractivity contribution in [2.75, 3.05) is 19.5 Å². The summed E-state index contributed by atoms with van der Waals surface area (Å²) < 4.78 is 16.2. The van der Waals surface area contributed by atoms with Gasteiger partial charge in [-0.1, -0.05) is 18.2 Å². The lowest BCUT2D eigenvalue weighted by molar-refractivity contribution is -0.401. The Balaban J connectivity index is 0.000000500. The lowest BCUT2D eigenvalue weighted by Gasteiger charge is -2.15. The molecule has 0 saturated heterocycles. The molecular formula is C20H25N2O5P. The SMILES string of the molecule is COc1ccc(NC=CC2=[N+](C)c3ccccc3C2(C)C)cc1.O=P([O-])(O)O. The lowest BCUT2D eigenvalue weighted by Crippen LogP contribution is -2.26. The zero-order valence-corrected chi connectivity index (χ0v) is 17.2. The number of benzene rings is 2. The Morgan fingerprint density at radius 3 is 2.25 bits per heavy atom. The van der Waals surface area contributed by atoms with E-state index in [4.69, 9.17) is 24.0 Å². The number of rotatable bonds is 4. The van der Waals surface area contributed by atoms with Crippen molar-refractivity contribution in [1.29, 1.82) is 0 Å². The third kappa shape index (κ3) is 5.53. The summed E-state index contributed by atoms with van der Waals surface area (Å²) in [6, 6.07) is 16.5. The highest BCUT2D eigenvalue weighted by Gasteiger charge is 2.42. The number of hydrogen-bond acceptors (Lipinski definition) is 4. The number of ether oxygens (including phenoxy) is 1. The molecule has 3 rings (SSSR count). The van der Waals surface area contributed by atoms with Gasteiger partial charge in [0, 0.05) is 29.6 Å². The second-order valence-electron chi connectivity index (χ2n) is 6.78. The minimum Gasteiger partial charge on any atom is -0.756 e. The zero-order chi connectivity index (χ0) is 20.9. The maximum atomic E-state index is 8.77. The van der Waals surface area contributed by atoms with Gasteiger partial charge in [-0.05, 0) is 38.1 Å². The van der Waals surface area contributed by atoms with Crippen LogP contribution in [0.3, 0.4) is 0 Å². The van der Waals surface area contributed by atoms with E-state index in [1.165, 1.54) is 17.0 Å². The monoisotopic (exact) mass is 404 g/mol. The first-order chi connectivity index (χ1) is 13.0. The predicted molar refractivity (Wildman–Crippen MR) is 108 cm³/mol. The molecule has 3 N–H and O–H groups in total. The molecule has 150 valence electrons. The molecule has 0 unspecified atom stereocenters. The van der Waals surface area contributed by atoms with E-state index in [1.54, 1.807) is 7.11 Å². The first-order valence-electron chi connectivity index (χ1n) is 8.58. The Morgan fingerprint density at radius 1 is 1.14 bits per heavy atom. The quantitative estimate of drug-likeness (QED) is 0.535. The molecule has 1 aliphatic rings. The first kappa shape index (κ1) is 21.9. The second kappa shape index (κ2) is 8.71. The molecule has 2 aromatic rings. The molecule has 1 aliphatic heterocycles. The molecule has 7 nitrogen and oxygen atoms in total. The van der Waals surface area contributed by atoms with Crippen LogP contribution in [-0.2, 0) is 9.98 Å². The standard InChI is InChI=1S/C20H22N2O.H3O4P/c1-20(2)17-7-5-6-8-18(17)22(3)19(20)13-14-21-15-9-11-16(23-4)12-10-15;1-5(2,3)4/h5-14H,1-4H3;(H3,1,2,3,4). The van der Waals surface area contributed by atoms with E-state index in [0.717, 1.165) is 11.4 Å². The van der Waals surface area contributed by atoms with Crippen LogP contribution in [0.15, 0.2) is 60.8 Å². The van der Waals surface area contributed by atoms with Crippen LogP contribution in [0.5, 0.6) is 5.75 Å². The van der Waals surface area contributed by atoms with Gasteiger partial charge in [0.15, 0.2) is 5.71 Å². The van der Waals surface area contributed by atoms with Crippen LogP contribution in [-0.4, -0.2) is 34.2 Å². The van der Waals surface area contributed by atoms with Gasteiger partial charge in [-0.2, -0.15) is 4.58 Å². The third-order valence-electron chi connectivity index (χ3n) is 4.52. The van der Waals surface area contributed by atoms with Gasteiger partial charge in [-0.25, -0.2) is 0 Å². The maximum Gasteiger partial charge on any atom is 0.262 e. The van der Waals surface area contributed by atoms with Crippen molar-refractivity contribution < 1.29 is 28.6 Å². The van der Waals surface area contributed by atoms with E-state index in [0.29, 0.717) is 0 Å². The summed E-state index contributed by atoms with van der Waals surface area (Å²) in [7, 11) is -1.09. The number of nitrogens with zero attached hydrogens (tertiary/aromatic N) is 1. The Labute approximate surface area is 164 Å². The Hall–Kier alpha value is -2.44. The molecule has 0 atom stereocenters. The topological polar surface area (TPSA) is 105 Å². The summed E-state index contributed by atoms with van der Waals surface area (Å²) in [6.07, 6.45) is 4.16. The Bertz CT molecular complexity index is 922. The number of para-hydroxylation sites is 1. The predicted octanol–water partition coefficient (Wildman–Crippen LogP) is 2.77. The van der Waals surface area contributed by atoms with Gasteiger partial charge >= 0.3 is 0 Å². The van der Waals surface area contributed by atoms with Crippen molar-refractivity contribution in [2.24, 2.45) is 0 Å². The largest absolute Gasteiger partial charge is 0.756 e. The average Bonchev–Trinajstić information content (AvgIpc) is 2.82. The molecule has 0 bridgehead atoms. The van der Waals surface area contributed by atoms with E-state index in [-0.39, 0.29) is 5.41 Å². The van der Waals surface area contributed by atoms with Gasteiger partial charge in [-0.15, -0.1) is 0 Å². The second-order valence-corrected chi connectivity index (χ2v) is 7.76. The fraction of sp³-hybridized carbons (Fsp3) is 0.250. The van der Waals surface area contributed by atoms with E-state index in [2.05, 4.69) is 61.1 Å². The highest BCUT2D eigenvalue weighted by Crippen LogP contribution is 2.38. The van der Waals surface area contributed by atoms with Crippen LogP contribution in [0.25, 0.3) is 0 Å². The van der Waals surface area contributed by atoms with Crippen LogP contribution in [0.2, 0.25) is 0 Å². The van der Waals surface area contributed by atoms with Crippen molar-refractivity contribution >= 4 is 24.9 Å². The molecule has 8 heteroatoms. The molecule has 0 aliphatic carbocycles. The molecule has 2 aromatic carbocycles. The molecule has 0 spiro atoms. The molecule has 0 aromatic heterocycles. The maximum absolute atomic E-state index is 8.77. The summed E-state index contributed by atoms with van der Waals surface area (Å²) in [5, 5.41) is 3.32. The number of allylic oxidation sites excluding steroid dienone is 1. The van der Waals surface area contributed by atoms with Crippen LogP contribution in [0.1, 0.15) is 19.4 Å². The summed E-state index contributed by atoms with van der Waals surface area (Å²) in [5.74, 6) is 0.862. The highest BCUT2D eigenvalue weighted by molar-refractivity contribution is 7.43. The van der Waals surface area contributed by atoms with Crippen molar-refractivity contribution in [3.05, 3.63) is 66.4 Å². The van der Waals surface area contributed by atoms with E-state index < -0.39 is 7.82 Å². The number of methoxy groups -OCH3 is 1. The summed E-state index contributed by atoms with van der Waals surface area (Å²) in [6.45, 7) is 4.53. The Morgan fingerprint density at radius 2 is 1.71 bits per heavy atom. The summed E-state index contributed by atoms with van der Waals surface area (Å²) >= 11 is 0. The molecule has 0 amide bonds. The number of hydrogen-bond donors (Lipinski definition) is 3. The fourth-order valence-electron chi connectivity index (χ4n) is 3.21.